The minimum absolute atomic E-state index is 0.127. The molecule has 0 spiro atoms. The second kappa shape index (κ2) is 6.10. The van der Waals surface area contributed by atoms with Crippen molar-refractivity contribution in [3.8, 4) is 0 Å². The number of allylic oxidation sites excluding steroid dienone is 1. The van der Waals surface area contributed by atoms with E-state index in [2.05, 4.69) is 17.2 Å². The molecule has 1 aromatic heterocycles. The maximum atomic E-state index is 11.8. The van der Waals surface area contributed by atoms with Gasteiger partial charge >= 0.3 is 6.01 Å². The van der Waals surface area contributed by atoms with Crippen LogP contribution in [0.4, 0.5) is 6.01 Å². The Morgan fingerprint density at radius 3 is 2.88 bits per heavy atom. The van der Waals surface area contributed by atoms with Crippen LogP contribution in [0.2, 0.25) is 0 Å². The van der Waals surface area contributed by atoms with Crippen LogP contribution in [-0.2, 0) is 4.79 Å². The highest BCUT2D eigenvalue weighted by Crippen LogP contribution is 2.12. The molecule has 0 atom stereocenters. The second-order valence-electron chi connectivity index (χ2n) is 3.67. The van der Waals surface area contributed by atoms with E-state index in [0.29, 0.717) is 0 Å². The molecule has 0 unspecified atom stereocenters. The van der Waals surface area contributed by atoms with Crippen LogP contribution in [0.1, 0.15) is 38.8 Å². The third kappa shape index (κ3) is 3.53. The molecule has 1 amide bonds. The number of hydrogen-bond acceptors (Lipinski definition) is 3. The Hall–Kier alpha value is -1.58. The van der Waals surface area contributed by atoms with Gasteiger partial charge in [0.05, 0.1) is 5.69 Å². The number of nitrogens with one attached hydrogen (secondary N) is 1. The number of carbonyl (C=O) groups excluding carboxylic acids is 1. The topological polar surface area (TPSA) is 55.1 Å². The molecule has 16 heavy (non-hydrogen) atoms. The van der Waals surface area contributed by atoms with Crippen molar-refractivity contribution in [1.82, 2.24) is 4.98 Å². The van der Waals surface area contributed by atoms with Crippen LogP contribution >= 0.6 is 0 Å². The minimum Gasteiger partial charge on any atom is -0.432 e. The maximum absolute atomic E-state index is 11.8. The third-order valence-electron chi connectivity index (χ3n) is 2.28. The minimum atomic E-state index is -0.127. The van der Waals surface area contributed by atoms with E-state index in [1.165, 1.54) is 6.26 Å². The molecule has 4 heteroatoms. The number of nitrogens with zero attached hydrogens (tertiary/aromatic N) is 1. The highest BCUT2D eigenvalue weighted by atomic mass is 16.4. The Balaban J connectivity index is 2.56. The predicted molar refractivity (Wildman–Crippen MR) is 63.2 cm³/mol. The largest absolute Gasteiger partial charge is 0.432 e. The van der Waals surface area contributed by atoms with Gasteiger partial charge in [0.15, 0.2) is 0 Å². The molecule has 1 rings (SSSR count). The molecule has 0 saturated carbocycles. The van der Waals surface area contributed by atoms with Crippen LogP contribution in [0.15, 0.2) is 22.3 Å². The molecule has 0 bridgehead atoms. The standard InChI is InChI=1S/C12H18N2O2/c1-4-6-7-10(5-2)11(15)14-12-13-9(3)8-16-12/h5,8H,4,6-7H2,1-3H3,(H,13,14,15)/b10-5+. The highest BCUT2D eigenvalue weighted by molar-refractivity contribution is 6.02. The van der Waals surface area contributed by atoms with Crippen LogP contribution < -0.4 is 5.32 Å². The Morgan fingerprint density at radius 1 is 1.62 bits per heavy atom. The number of hydrogen-bond donors (Lipinski definition) is 1. The molecule has 88 valence electrons. The van der Waals surface area contributed by atoms with Crippen molar-refractivity contribution in [3.05, 3.63) is 23.6 Å². The quantitative estimate of drug-likeness (QED) is 0.779. The second-order valence-corrected chi connectivity index (χ2v) is 3.67. The Bertz CT molecular complexity index is 380. The summed E-state index contributed by atoms with van der Waals surface area (Å²) in [4.78, 5) is 15.8. The first-order valence-corrected chi connectivity index (χ1v) is 5.56. The average molecular weight is 222 g/mol. The molecule has 0 aliphatic heterocycles. The molecule has 0 aliphatic carbocycles. The molecule has 0 aliphatic rings. The zero-order valence-corrected chi connectivity index (χ0v) is 10.0. The van der Waals surface area contributed by atoms with Crippen LogP contribution in [0.25, 0.3) is 0 Å². The molecule has 1 aromatic rings. The zero-order chi connectivity index (χ0) is 12.0. The van der Waals surface area contributed by atoms with Gasteiger partial charge in [0.1, 0.15) is 6.26 Å². The fourth-order valence-electron chi connectivity index (χ4n) is 1.34. The average Bonchev–Trinajstić information content (AvgIpc) is 2.65. The van der Waals surface area contributed by atoms with Crippen molar-refractivity contribution in [1.29, 1.82) is 0 Å². The number of aryl methyl sites for hydroxylation is 1. The molecular formula is C12H18N2O2. The lowest BCUT2D eigenvalue weighted by Crippen LogP contribution is -2.14. The summed E-state index contributed by atoms with van der Waals surface area (Å²) in [6, 6.07) is 0.262. The molecule has 0 radical (unpaired) electrons. The molecule has 1 N–H and O–H groups in total. The summed E-state index contributed by atoms with van der Waals surface area (Å²) < 4.78 is 5.06. The van der Waals surface area contributed by atoms with E-state index >= 15 is 0 Å². The first-order valence-electron chi connectivity index (χ1n) is 5.56. The van der Waals surface area contributed by atoms with Gasteiger partial charge in [-0.05, 0) is 26.7 Å². The fourth-order valence-corrected chi connectivity index (χ4v) is 1.34. The zero-order valence-electron chi connectivity index (χ0n) is 10.0. The summed E-state index contributed by atoms with van der Waals surface area (Å²) in [7, 11) is 0. The van der Waals surface area contributed by atoms with Crippen molar-refractivity contribution in [3.63, 3.8) is 0 Å². The number of anilines is 1. The lowest BCUT2D eigenvalue weighted by molar-refractivity contribution is -0.113. The lowest BCUT2D eigenvalue weighted by atomic mass is 10.1. The summed E-state index contributed by atoms with van der Waals surface area (Å²) >= 11 is 0. The normalized spacial score (nSPS) is 11.6. The predicted octanol–water partition coefficient (Wildman–Crippen LogP) is 3.06. The number of rotatable bonds is 5. The van der Waals surface area contributed by atoms with Crippen molar-refractivity contribution in [2.75, 3.05) is 5.32 Å². The highest BCUT2D eigenvalue weighted by Gasteiger charge is 2.10. The number of unbranched alkanes of at least 4 members (excludes halogenated alkanes) is 1. The van der Waals surface area contributed by atoms with Crippen molar-refractivity contribution >= 4 is 11.9 Å². The smallest absolute Gasteiger partial charge is 0.301 e. The fraction of sp³-hybridized carbons (Fsp3) is 0.500. The Labute approximate surface area is 95.8 Å². The molecule has 4 nitrogen and oxygen atoms in total. The van der Waals surface area contributed by atoms with Gasteiger partial charge in [-0.3, -0.25) is 10.1 Å². The van der Waals surface area contributed by atoms with E-state index in [9.17, 15) is 4.79 Å². The monoisotopic (exact) mass is 222 g/mol. The van der Waals surface area contributed by atoms with Gasteiger partial charge in [-0.15, -0.1) is 0 Å². The van der Waals surface area contributed by atoms with E-state index in [1.807, 2.05) is 19.9 Å². The first-order chi connectivity index (χ1) is 7.67. The molecule has 0 aromatic carbocycles. The van der Waals surface area contributed by atoms with E-state index in [4.69, 9.17) is 4.42 Å². The van der Waals surface area contributed by atoms with E-state index < -0.39 is 0 Å². The van der Waals surface area contributed by atoms with Crippen LogP contribution in [0.3, 0.4) is 0 Å². The Morgan fingerprint density at radius 2 is 2.38 bits per heavy atom. The van der Waals surface area contributed by atoms with E-state index in [0.717, 1.165) is 30.5 Å². The van der Waals surface area contributed by atoms with Gasteiger partial charge in [-0.2, -0.15) is 4.98 Å². The molecule has 1 heterocycles. The number of amides is 1. The summed E-state index contributed by atoms with van der Waals surface area (Å²) in [5, 5.41) is 2.64. The van der Waals surface area contributed by atoms with Crippen LogP contribution in [0, 0.1) is 6.92 Å². The lowest BCUT2D eigenvalue weighted by Gasteiger charge is -2.04. The van der Waals surface area contributed by atoms with Gasteiger partial charge in [-0.25, -0.2) is 0 Å². The summed E-state index contributed by atoms with van der Waals surface area (Å²) in [5.74, 6) is -0.127. The van der Waals surface area contributed by atoms with Crippen molar-refractivity contribution < 1.29 is 9.21 Å². The number of aromatic nitrogens is 1. The van der Waals surface area contributed by atoms with E-state index in [-0.39, 0.29) is 11.9 Å². The van der Waals surface area contributed by atoms with Gasteiger partial charge < -0.3 is 4.42 Å². The van der Waals surface area contributed by atoms with Crippen molar-refractivity contribution in [2.24, 2.45) is 0 Å². The van der Waals surface area contributed by atoms with Crippen LogP contribution in [0.5, 0.6) is 0 Å². The third-order valence-corrected chi connectivity index (χ3v) is 2.28. The van der Waals surface area contributed by atoms with Gasteiger partial charge in [0.25, 0.3) is 5.91 Å². The van der Waals surface area contributed by atoms with Gasteiger partial charge in [-0.1, -0.05) is 19.4 Å². The van der Waals surface area contributed by atoms with Crippen LogP contribution in [-0.4, -0.2) is 10.9 Å². The maximum Gasteiger partial charge on any atom is 0.301 e. The van der Waals surface area contributed by atoms with Crippen molar-refractivity contribution in [2.45, 2.75) is 40.0 Å². The first kappa shape index (κ1) is 12.5. The van der Waals surface area contributed by atoms with Gasteiger partial charge in [0, 0.05) is 5.57 Å². The molecule has 0 saturated heterocycles. The molecule has 0 fully saturated rings. The number of carbonyl (C=O) groups is 1. The summed E-state index contributed by atoms with van der Waals surface area (Å²) in [6.45, 7) is 5.78. The van der Waals surface area contributed by atoms with E-state index in [1.54, 1.807) is 0 Å². The summed E-state index contributed by atoms with van der Waals surface area (Å²) in [6.07, 6.45) is 6.22. The Kier molecular flexibility index (Phi) is 4.76. The SMILES string of the molecule is C/C=C(\CCCC)C(=O)Nc1nc(C)co1. The number of oxazole rings is 1. The molecular weight excluding hydrogens is 204 g/mol. The summed E-state index contributed by atoms with van der Waals surface area (Å²) in [5.41, 5.74) is 1.53. The van der Waals surface area contributed by atoms with Gasteiger partial charge in [0.2, 0.25) is 0 Å².